The number of hydrogen-bond donors (Lipinski definition) is 1. The van der Waals surface area contributed by atoms with E-state index in [0.717, 1.165) is 0 Å². The molecular weight excluding hydrogens is 260 g/mol. The molecule has 104 valence electrons. The van der Waals surface area contributed by atoms with E-state index in [1.807, 2.05) is 0 Å². The predicted octanol–water partition coefficient (Wildman–Crippen LogP) is 1.35. The van der Waals surface area contributed by atoms with Gasteiger partial charge in [-0.1, -0.05) is 0 Å². The lowest BCUT2D eigenvalue weighted by Crippen LogP contribution is -2.30. The molecule has 0 spiro atoms. The molecule has 20 heavy (non-hydrogen) atoms. The van der Waals surface area contributed by atoms with Gasteiger partial charge in [0, 0.05) is 11.8 Å². The summed E-state index contributed by atoms with van der Waals surface area (Å²) < 4.78 is 10.7. The molecule has 6 heteroatoms. The number of carbonyl (C=O) groups excluding carboxylic acids is 1. The standard InChI is InChI=1S/C14H14N2O4/c1-19-12-7-5-11(6-8-12)15-13(17)10-20-14-4-2-3-9-16(14)18/h2-9H,10H2,1H3,(H,15,17). The van der Waals surface area contributed by atoms with Crippen LogP contribution in [0, 0.1) is 5.21 Å². The number of nitrogens with one attached hydrogen (secondary N) is 1. The monoisotopic (exact) mass is 274 g/mol. The van der Waals surface area contributed by atoms with Crippen LogP contribution < -0.4 is 19.5 Å². The maximum atomic E-state index is 11.7. The number of aromatic nitrogens is 1. The van der Waals surface area contributed by atoms with Gasteiger partial charge < -0.3 is 20.0 Å². The molecule has 1 heterocycles. The number of hydrogen-bond acceptors (Lipinski definition) is 4. The molecule has 6 nitrogen and oxygen atoms in total. The third-order valence-electron chi connectivity index (χ3n) is 2.51. The molecule has 0 fully saturated rings. The lowest BCUT2D eigenvalue weighted by Gasteiger charge is -2.07. The molecule has 0 saturated heterocycles. The normalized spacial score (nSPS) is 9.85. The fourth-order valence-electron chi connectivity index (χ4n) is 1.54. The van der Waals surface area contributed by atoms with Gasteiger partial charge in [-0.3, -0.25) is 4.79 Å². The fraction of sp³-hybridized carbons (Fsp3) is 0.143. The van der Waals surface area contributed by atoms with Gasteiger partial charge >= 0.3 is 5.88 Å². The first-order valence-electron chi connectivity index (χ1n) is 5.94. The molecule has 0 aliphatic rings. The number of rotatable bonds is 5. The number of anilines is 1. The highest BCUT2D eigenvalue weighted by Crippen LogP contribution is 2.14. The maximum absolute atomic E-state index is 11.7. The van der Waals surface area contributed by atoms with Crippen LogP contribution in [0.5, 0.6) is 11.6 Å². The lowest BCUT2D eigenvalue weighted by atomic mass is 10.3. The Morgan fingerprint density at radius 3 is 2.65 bits per heavy atom. The summed E-state index contributed by atoms with van der Waals surface area (Å²) in [5, 5.41) is 14.0. The average Bonchev–Trinajstić information content (AvgIpc) is 2.47. The number of benzene rings is 1. The molecule has 0 radical (unpaired) electrons. The van der Waals surface area contributed by atoms with Crippen LogP contribution in [0.1, 0.15) is 0 Å². The molecular formula is C14H14N2O4. The van der Waals surface area contributed by atoms with Crippen molar-refractivity contribution in [2.45, 2.75) is 0 Å². The highest BCUT2D eigenvalue weighted by atomic mass is 16.6. The van der Waals surface area contributed by atoms with E-state index in [1.54, 1.807) is 43.5 Å². The zero-order valence-corrected chi connectivity index (χ0v) is 10.9. The Balaban J connectivity index is 1.87. The highest BCUT2D eigenvalue weighted by molar-refractivity contribution is 5.91. The van der Waals surface area contributed by atoms with Crippen molar-refractivity contribution in [3.8, 4) is 11.6 Å². The van der Waals surface area contributed by atoms with Gasteiger partial charge in [0.25, 0.3) is 5.91 Å². The Hall–Kier alpha value is -2.76. The Kier molecular flexibility index (Phi) is 4.39. The van der Waals surface area contributed by atoms with E-state index in [4.69, 9.17) is 9.47 Å². The van der Waals surface area contributed by atoms with Crippen molar-refractivity contribution < 1.29 is 19.0 Å². The van der Waals surface area contributed by atoms with Crippen LogP contribution in [0.3, 0.4) is 0 Å². The molecule has 1 aromatic heterocycles. The first kappa shape index (κ1) is 13.7. The lowest BCUT2D eigenvalue weighted by molar-refractivity contribution is -0.612. The summed E-state index contributed by atoms with van der Waals surface area (Å²) in [7, 11) is 1.57. The van der Waals surface area contributed by atoms with Crippen molar-refractivity contribution in [3.63, 3.8) is 0 Å². The van der Waals surface area contributed by atoms with Crippen molar-refractivity contribution in [1.82, 2.24) is 0 Å². The van der Waals surface area contributed by atoms with Crippen molar-refractivity contribution in [2.75, 3.05) is 19.0 Å². The van der Waals surface area contributed by atoms with Crippen LogP contribution >= 0.6 is 0 Å². The van der Waals surface area contributed by atoms with Gasteiger partial charge in [-0.05, 0) is 30.3 Å². The fourth-order valence-corrected chi connectivity index (χ4v) is 1.54. The molecule has 1 N–H and O–H groups in total. The van der Waals surface area contributed by atoms with Crippen LogP contribution in [0.4, 0.5) is 5.69 Å². The van der Waals surface area contributed by atoms with Gasteiger partial charge in [0.1, 0.15) is 5.75 Å². The van der Waals surface area contributed by atoms with E-state index in [-0.39, 0.29) is 18.4 Å². The molecule has 1 aromatic carbocycles. The second-order valence-corrected chi connectivity index (χ2v) is 3.93. The minimum Gasteiger partial charge on any atom is -0.616 e. The molecule has 0 unspecified atom stereocenters. The SMILES string of the molecule is COc1ccc(NC(=O)COc2cccc[n+]2[O-])cc1. The summed E-state index contributed by atoms with van der Waals surface area (Å²) in [6.45, 7) is -0.238. The minimum atomic E-state index is -0.348. The van der Waals surface area contributed by atoms with Crippen LogP contribution in [0.15, 0.2) is 48.7 Å². The number of nitrogens with zero attached hydrogens (tertiary/aromatic N) is 1. The first-order valence-corrected chi connectivity index (χ1v) is 5.94. The van der Waals surface area contributed by atoms with Crippen molar-refractivity contribution in [3.05, 3.63) is 53.9 Å². The molecule has 2 rings (SSSR count). The van der Waals surface area contributed by atoms with E-state index < -0.39 is 0 Å². The molecule has 1 amide bonds. The molecule has 0 saturated carbocycles. The quantitative estimate of drug-likeness (QED) is 0.659. The van der Waals surface area contributed by atoms with Crippen molar-refractivity contribution in [1.29, 1.82) is 0 Å². The summed E-state index contributed by atoms with van der Waals surface area (Å²) in [4.78, 5) is 11.7. The largest absolute Gasteiger partial charge is 0.616 e. The summed E-state index contributed by atoms with van der Waals surface area (Å²) in [5.74, 6) is 0.437. The van der Waals surface area contributed by atoms with E-state index in [1.165, 1.54) is 12.3 Å². The maximum Gasteiger partial charge on any atom is 0.379 e. The van der Waals surface area contributed by atoms with Gasteiger partial charge in [0.2, 0.25) is 0 Å². The second kappa shape index (κ2) is 6.42. The summed E-state index contributed by atoms with van der Waals surface area (Å²) >= 11 is 0. The summed E-state index contributed by atoms with van der Waals surface area (Å²) in [6, 6.07) is 11.6. The summed E-state index contributed by atoms with van der Waals surface area (Å²) in [6.07, 6.45) is 1.30. The van der Waals surface area contributed by atoms with Crippen LogP contribution in [0.25, 0.3) is 0 Å². The number of carbonyl (C=O) groups is 1. The van der Waals surface area contributed by atoms with E-state index in [0.29, 0.717) is 16.2 Å². The van der Waals surface area contributed by atoms with Gasteiger partial charge in [-0.25, -0.2) is 0 Å². The number of methoxy groups -OCH3 is 1. The van der Waals surface area contributed by atoms with E-state index >= 15 is 0 Å². The highest BCUT2D eigenvalue weighted by Gasteiger charge is 2.08. The number of ether oxygens (including phenoxy) is 2. The number of pyridine rings is 1. The Morgan fingerprint density at radius 1 is 1.25 bits per heavy atom. The molecule has 0 aliphatic heterocycles. The Bertz CT molecular complexity index is 584. The van der Waals surface area contributed by atoms with Gasteiger partial charge in [-0.2, -0.15) is 0 Å². The predicted molar refractivity (Wildman–Crippen MR) is 72.5 cm³/mol. The van der Waals surface area contributed by atoms with Crippen LogP contribution in [0.2, 0.25) is 0 Å². The Morgan fingerprint density at radius 2 is 2.00 bits per heavy atom. The topological polar surface area (TPSA) is 74.5 Å². The van der Waals surface area contributed by atoms with Crippen molar-refractivity contribution in [2.24, 2.45) is 0 Å². The second-order valence-electron chi connectivity index (χ2n) is 3.93. The zero-order valence-electron chi connectivity index (χ0n) is 10.9. The molecule has 0 aliphatic carbocycles. The Labute approximate surface area is 116 Å². The average molecular weight is 274 g/mol. The third kappa shape index (κ3) is 3.61. The van der Waals surface area contributed by atoms with E-state index in [2.05, 4.69) is 5.32 Å². The number of amides is 1. The third-order valence-corrected chi connectivity index (χ3v) is 2.51. The van der Waals surface area contributed by atoms with Gasteiger partial charge in [-0.15, -0.1) is 4.73 Å². The smallest absolute Gasteiger partial charge is 0.379 e. The zero-order chi connectivity index (χ0) is 14.4. The van der Waals surface area contributed by atoms with Gasteiger partial charge in [0.05, 0.1) is 13.2 Å². The molecule has 2 aromatic rings. The van der Waals surface area contributed by atoms with Crippen LogP contribution in [-0.2, 0) is 4.79 Å². The van der Waals surface area contributed by atoms with Crippen molar-refractivity contribution >= 4 is 11.6 Å². The molecule has 0 bridgehead atoms. The van der Waals surface area contributed by atoms with E-state index in [9.17, 15) is 10.0 Å². The summed E-state index contributed by atoms with van der Waals surface area (Å²) in [5.41, 5.74) is 0.627. The first-order chi connectivity index (χ1) is 9.69. The van der Waals surface area contributed by atoms with Gasteiger partial charge in [0.15, 0.2) is 12.8 Å². The minimum absolute atomic E-state index is 0.0809. The van der Waals surface area contributed by atoms with Crippen LogP contribution in [-0.4, -0.2) is 19.6 Å². The molecule has 0 atom stereocenters.